The Morgan fingerprint density at radius 2 is 1.79 bits per heavy atom. The zero-order valence-corrected chi connectivity index (χ0v) is 20.7. The Morgan fingerprint density at radius 1 is 1.09 bits per heavy atom. The van der Waals surface area contributed by atoms with E-state index >= 15 is 0 Å². The normalized spacial score (nSPS) is 14.1. The van der Waals surface area contributed by atoms with Crippen molar-refractivity contribution in [1.29, 1.82) is 0 Å². The molecule has 7 nitrogen and oxygen atoms in total. The predicted octanol–water partition coefficient (Wildman–Crippen LogP) is 4.00. The first kappa shape index (κ1) is 24.1. The van der Waals surface area contributed by atoms with Gasteiger partial charge in [-0.1, -0.05) is 25.4 Å². The highest BCUT2D eigenvalue weighted by atomic mass is 35.5. The minimum absolute atomic E-state index is 0.0529. The van der Waals surface area contributed by atoms with Crippen molar-refractivity contribution in [3.63, 3.8) is 0 Å². The van der Waals surface area contributed by atoms with Gasteiger partial charge in [-0.3, -0.25) is 9.59 Å². The van der Waals surface area contributed by atoms with E-state index in [4.69, 9.17) is 16.3 Å². The fraction of sp³-hybridized carbons (Fsp3) is 0.423. The Bertz CT molecular complexity index is 1220. The lowest BCUT2D eigenvalue weighted by Gasteiger charge is -2.36. The minimum Gasteiger partial charge on any atom is -0.497 e. The van der Waals surface area contributed by atoms with Crippen molar-refractivity contribution < 1.29 is 9.53 Å². The molecule has 0 N–H and O–H groups in total. The summed E-state index contributed by atoms with van der Waals surface area (Å²) < 4.78 is 6.99. The summed E-state index contributed by atoms with van der Waals surface area (Å²) in [4.78, 5) is 34.8. The fourth-order valence-electron chi connectivity index (χ4n) is 4.37. The van der Waals surface area contributed by atoms with Gasteiger partial charge in [0.25, 0.3) is 5.56 Å². The molecule has 0 spiro atoms. The number of methoxy groups -OCH3 is 1. The van der Waals surface area contributed by atoms with Crippen LogP contribution >= 0.6 is 11.6 Å². The molecule has 0 atom stereocenters. The lowest BCUT2D eigenvalue weighted by atomic mass is 10.1. The van der Waals surface area contributed by atoms with Crippen LogP contribution in [-0.4, -0.2) is 53.6 Å². The molecule has 1 aliphatic heterocycles. The molecule has 8 heteroatoms. The summed E-state index contributed by atoms with van der Waals surface area (Å²) in [6, 6.07) is 13.4. The Kier molecular flexibility index (Phi) is 7.41. The second-order valence-corrected chi connectivity index (χ2v) is 9.50. The average molecular weight is 483 g/mol. The maximum absolute atomic E-state index is 13.2. The standard InChI is InChI=1S/C26H31ClN4O3/c1-18(2)17-31-24-10-4-19(27)16-23(24)28-22(26(31)33)9-11-25(32)30-14-12-29(13-15-30)20-5-7-21(34-3)8-6-20/h4-8,10,16,18H,9,11-15,17H2,1-3H3. The van der Waals surface area contributed by atoms with Crippen LogP contribution in [0, 0.1) is 5.92 Å². The summed E-state index contributed by atoms with van der Waals surface area (Å²) in [7, 11) is 1.65. The maximum Gasteiger partial charge on any atom is 0.272 e. The molecule has 1 aliphatic rings. The van der Waals surface area contributed by atoms with Gasteiger partial charge in [0.2, 0.25) is 5.91 Å². The van der Waals surface area contributed by atoms with Crippen molar-refractivity contribution >= 4 is 34.2 Å². The molecular formula is C26H31ClN4O3. The zero-order chi connectivity index (χ0) is 24.2. The molecule has 0 aliphatic carbocycles. The van der Waals surface area contributed by atoms with Crippen LogP contribution in [0.15, 0.2) is 47.3 Å². The number of piperazine rings is 1. The molecule has 3 aromatic rings. The van der Waals surface area contributed by atoms with Gasteiger partial charge >= 0.3 is 0 Å². The molecule has 0 bridgehead atoms. The quantitative estimate of drug-likeness (QED) is 0.509. The first-order valence-electron chi connectivity index (χ1n) is 11.7. The molecular weight excluding hydrogens is 452 g/mol. The Morgan fingerprint density at radius 3 is 2.44 bits per heavy atom. The van der Waals surface area contributed by atoms with E-state index in [1.807, 2.05) is 35.2 Å². The second kappa shape index (κ2) is 10.5. The number of carbonyl (C=O) groups excluding carboxylic acids is 1. The molecule has 4 rings (SSSR count). The SMILES string of the molecule is COc1ccc(N2CCN(C(=O)CCc3nc4cc(Cl)ccc4n(CC(C)C)c3=O)CC2)cc1. The van der Waals surface area contributed by atoms with Crippen LogP contribution in [0.3, 0.4) is 0 Å². The molecule has 34 heavy (non-hydrogen) atoms. The molecule has 180 valence electrons. The van der Waals surface area contributed by atoms with Crippen molar-refractivity contribution in [2.45, 2.75) is 33.2 Å². The number of fused-ring (bicyclic) bond motifs is 1. The van der Waals surface area contributed by atoms with Gasteiger partial charge in [0.1, 0.15) is 11.4 Å². The first-order chi connectivity index (χ1) is 16.4. The number of carbonyl (C=O) groups is 1. The number of aryl methyl sites for hydroxylation is 1. The number of amides is 1. The van der Waals surface area contributed by atoms with E-state index < -0.39 is 0 Å². The van der Waals surface area contributed by atoms with Crippen LogP contribution in [0.25, 0.3) is 11.0 Å². The third-order valence-electron chi connectivity index (χ3n) is 6.17. The predicted molar refractivity (Wildman–Crippen MR) is 136 cm³/mol. The summed E-state index contributed by atoms with van der Waals surface area (Å²) in [6.45, 7) is 7.59. The van der Waals surface area contributed by atoms with Crippen molar-refractivity contribution in [2.24, 2.45) is 5.92 Å². The molecule has 1 fully saturated rings. The van der Waals surface area contributed by atoms with E-state index in [-0.39, 0.29) is 17.9 Å². The van der Waals surface area contributed by atoms with Crippen LogP contribution in [0.1, 0.15) is 26.0 Å². The Balaban J connectivity index is 1.42. The van der Waals surface area contributed by atoms with Gasteiger partial charge in [0.15, 0.2) is 0 Å². The van der Waals surface area contributed by atoms with Crippen molar-refractivity contribution in [3.8, 4) is 5.75 Å². The second-order valence-electron chi connectivity index (χ2n) is 9.07. The van der Waals surface area contributed by atoms with Crippen LogP contribution in [0.5, 0.6) is 5.75 Å². The lowest BCUT2D eigenvalue weighted by molar-refractivity contribution is -0.131. The number of nitrogens with zero attached hydrogens (tertiary/aromatic N) is 4. The van der Waals surface area contributed by atoms with E-state index in [9.17, 15) is 9.59 Å². The molecule has 2 aromatic carbocycles. The van der Waals surface area contributed by atoms with E-state index in [0.29, 0.717) is 48.2 Å². The molecule has 0 unspecified atom stereocenters. The number of anilines is 1. The number of hydrogen-bond donors (Lipinski definition) is 0. The molecule has 2 heterocycles. The monoisotopic (exact) mass is 482 g/mol. The van der Waals surface area contributed by atoms with E-state index in [0.717, 1.165) is 30.0 Å². The van der Waals surface area contributed by atoms with E-state index in [1.54, 1.807) is 23.8 Å². The highest BCUT2D eigenvalue weighted by Gasteiger charge is 2.22. The number of ether oxygens (including phenoxy) is 1. The summed E-state index contributed by atoms with van der Waals surface area (Å²) in [6.07, 6.45) is 0.579. The molecule has 1 saturated heterocycles. The van der Waals surface area contributed by atoms with Crippen LogP contribution in [0.2, 0.25) is 5.02 Å². The zero-order valence-electron chi connectivity index (χ0n) is 20.0. The number of benzene rings is 2. The van der Waals surface area contributed by atoms with E-state index in [1.165, 1.54) is 0 Å². The Hall–Kier alpha value is -3.06. The molecule has 0 radical (unpaired) electrons. The van der Waals surface area contributed by atoms with E-state index in [2.05, 4.69) is 23.7 Å². The molecule has 0 saturated carbocycles. The van der Waals surface area contributed by atoms with Crippen molar-refractivity contribution in [3.05, 3.63) is 63.5 Å². The first-order valence-corrected chi connectivity index (χ1v) is 12.1. The van der Waals surface area contributed by atoms with Crippen molar-refractivity contribution in [2.75, 3.05) is 38.2 Å². The third-order valence-corrected chi connectivity index (χ3v) is 6.40. The summed E-state index contributed by atoms with van der Waals surface area (Å²) in [5.41, 5.74) is 2.87. The molecule has 1 amide bonds. The average Bonchev–Trinajstić information content (AvgIpc) is 2.84. The summed E-state index contributed by atoms with van der Waals surface area (Å²) >= 11 is 6.17. The van der Waals surface area contributed by atoms with Gasteiger partial charge < -0.3 is 19.1 Å². The maximum atomic E-state index is 13.2. The van der Waals surface area contributed by atoms with Crippen molar-refractivity contribution in [1.82, 2.24) is 14.5 Å². The summed E-state index contributed by atoms with van der Waals surface area (Å²) in [5, 5.41) is 0.575. The number of halogens is 1. The van der Waals surface area contributed by atoms with Gasteiger partial charge in [0.05, 0.1) is 18.1 Å². The van der Waals surface area contributed by atoms with Crippen LogP contribution in [-0.2, 0) is 17.8 Å². The number of aromatic nitrogens is 2. The third kappa shape index (κ3) is 5.36. The van der Waals surface area contributed by atoms with Gasteiger partial charge in [-0.05, 0) is 48.4 Å². The minimum atomic E-state index is -0.124. The largest absolute Gasteiger partial charge is 0.497 e. The van der Waals surface area contributed by atoms with Crippen LogP contribution < -0.4 is 15.2 Å². The Labute approximate surface area is 204 Å². The lowest BCUT2D eigenvalue weighted by Crippen LogP contribution is -2.49. The fourth-order valence-corrected chi connectivity index (χ4v) is 4.54. The topological polar surface area (TPSA) is 67.7 Å². The smallest absolute Gasteiger partial charge is 0.272 e. The highest BCUT2D eigenvalue weighted by Crippen LogP contribution is 2.21. The molecule has 1 aromatic heterocycles. The number of hydrogen-bond acceptors (Lipinski definition) is 5. The van der Waals surface area contributed by atoms with Gasteiger partial charge in [-0.15, -0.1) is 0 Å². The highest BCUT2D eigenvalue weighted by molar-refractivity contribution is 6.31. The van der Waals surface area contributed by atoms with Gasteiger partial charge in [-0.2, -0.15) is 0 Å². The van der Waals surface area contributed by atoms with Gasteiger partial charge in [-0.25, -0.2) is 4.98 Å². The summed E-state index contributed by atoms with van der Waals surface area (Å²) in [5.74, 6) is 1.18. The van der Waals surface area contributed by atoms with Crippen LogP contribution in [0.4, 0.5) is 5.69 Å². The number of rotatable bonds is 7. The van der Waals surface area contributed by atoms with Gasteiger partial charge in [0, 0.05) is 56.3 Å².